The van der Waals surface area contributed by atoms with Gasteiger partial charge in [0.15, 0.2) is 0 Å². The van der Waals surface area contributed by atoms with E-state index in [0.717, 1.165) is 11.3 Å². The smallest absolute Gasteiger partial charge is 0.280 e. The third-order valence-electron chi connectivity index (χ3n) is 3.62. The van der Waals surface area contributed by atoms with Gasteiger partial charge in [0, 0.05) is 0 Å². The second-order valence-electron chi connectivity index (χ2n) is 5.24. The molecule has 1 heterocycles. The van der Waals surface area contributed by atoms with Crippen molar-refractivity contribution in [1.29, 1.82) is 0 Å². The molecule has 1 aliphatic heterocycles. The van der Waals surface area contributed by atoms with Gasteiger partial charge in [0.25, 0.3) is 5.91 Å². The van der Waals surface area contributed by atoms with Gasteiger partial charge in [0.05, 0.1) is 34.1 Å². The highest BCUT2D eigenvalue weighted by atomic mass is 35.5. The molecule has 0 aliphatic carbocycles. The molecule has 4 nitrogen and oxygen atoms in total. The maximum atomic E-state index is 12.7. The Bertz CT molecular complexity index is 875. The number of benzene rings is 2. The normalized spacial score (nSPS) is 15.8. The van der Waals surface area contributed by atoms with Crippen molar-refractivity contribution < 1.29 is 9.53 Å². The molecule has 3 rings (SSSR count). The third-order valence-corrected chi connectivity index (χ3v) is 4.35. The molecule has 0 fully saturated rings. The van der Waals surface area contributed by atoms with Crippen LogP contribution < -0.4 is 9.75 Å². The van der Waals surface area contributed by atoms with Gasteiger partial charge >= 0.3 is 0 Å². The molecule has 6 heteroatoms. The SMILES string of the molecule is COc1cccc(/C=C2\C(=O)N(c3ccc(Cl)c(Cl)c3)N=C2C)c1. The fourth-order valence-electron chi connectivity index (χ4n) is 2.37. The van der Waals surface area contributed by atoms with E-state index in [2.05, 4.69) is 5.10 Å². The second-order valence-corrected chi connectivity index (χ2v) is 6.05. The van der Waals surface area contributed by atoms with Crippen LogP contribution >= 0.6 is 23.2 Å². The van der Waals surface area contributed by atoms with E-state index in [1.54, 1.807) is 38.3 Å². The Morgan fingerprint density at radius 3 is 2.62 bits per heavy atom. The molecule has 122 valence electrons. The zero-order valence-corrected chi connectivity index (χ0v) is 14.6. The van der Waals surface area contributed by atoms with E-state index in [1.807, 2.05) is 24.3 Å². The van der Waals surface area contributed by atoms with Crippen molar-refractivity contribution in [2.45, 2.75) is 6.92 Å². The van der Waals surface area contributed by atoms with Crippen molar-refractivity contribution in [3.63, 3.8) is 0 Å². The van der Waals surface area contributed by atoms with Crippen molar-refractivity contribution in [1.82, 2.24) is 0 Å². The molecular formula is C18H14Cl2N2O2. The summed E-state index contributed by atoms with van der Waals surface area (Å²) in [6.45, 7) is 1.79. The van der Waals surface area contributed by atoms with Crippen molar-refractivity contribution in [3.05, 3.63) is 63.6 Å². The Labute approximate surface area is 149 Å². The average molecular weight is 361 g/mol. The number of carbonyl (C=O) groups excluding carboxylic acids is 1. The highest BCUT2D eigenvalue weighted by molar-refractivity contribution is 6.42. The number of hydrazone groups is 1. The monoisotopic (exact) mass is 360 g/mol. The summed E-state index contributed by atoms with van der Waals surface area (Å²) < 4.78 is 5.21. The molecule has 1 aliphatic rings. The Balaban J connectivity index is 1.95. The summed E-state index contributed by atoms with van der Waals surface area (Å²) in [4.78, 5) is 12.7. The van der Waals surface area contributed by atoms with Gasteiger partial charge in [0.1, 0.15) is 5.75 Å². The van der Waals surface area contributed by atoms with Crippen molar-refractivity contribution in [3.8, 4) is 5.75 Å². The number of halogens is 2. The molecule has 0 radical (unpaired) electrons. The Hall–Kier alpha value is -2.30. The first kappa shape index (κ1) is 16.6. The van der Waals surface area contributed by atoms with Crippen LogP contribution in [0.25, 0.3) is 6.08 Å². The molecule has 0 saturated heterocycles. The number of nitrogens with zero attached hydrogens (tertiary/aromatic N) is 2. The Kier molecular flexibility index (Phi) is 4.60. The van der Waals surface area contributed by atoms with E-state index in [9.17, 15) is 4.79 Å². The van der Waals surface area contributed by atoms with Gasteiger partial charge in [0.2, 0.25) is 0 Å². The maximum Gasteiger partial charge on any atom is 0.280 e. The first-order valence-electron chi connectivity index (χ1n) is 7.20. The largest absolute Gasteiger partial charge is 0.497 e. The number of amides is 1. The van der Waals surface area contributed by atoms with Crippen molar-refractivity contribution >= 4 is 46.6 Å². The van der Waals surface area contributed by atoms with Gasteiger partial charge in [-0.1, -0.05) is 35.3 Å². The zero-order valence-electron chi connectivity index (χ0n) is 13.1. The van der Waals surface area contributed by atoms with Crippen LogP contribution in [0.3, 0.4) is 0 Å². The number of ether oxygens (including phenoxy) is 1. The lowest BCUT2D eigenvalue weighted by molar-refractivity contribution is -0.114. The summed E-state index contributed by atoms with van der Waals surface area (Å²) in [7, 11) is 1.60. The minimum atomic E-state index is -0.214. The third kappa shape index (κ3) is 3.16. The lowest BCUT2D eigenvalue weighted by Crippen LogP contribution is -2.21. The highest BCUT2D eigenvalue weighted by Crippen LogP contribution is 2.31. The van der Waals surface area contributed by atoms with Crippen molar-refractivity contribution in [2.75, 3.05) is 12.1 Å². The molecule has 0 atom stereocenters. The summed E-state index contributed by atoms with van der Waals surface area (Å²) >= 11 is 12.0. The van der Waals surface area contributed by atoms with Gasteiger partial charge in [-0.25, -0.2) is 0 Å². The molecule has 24 heavy (non-hydrogen) atoms. The minimum absolute atomic E-state index is 0.214. The number of carbonyl (C=O) groups is 1. The number of anilines is 1. The van der Waals surface area contributed by atoms with Gasteiger partial charge in [-0.05, 0) is 48.9 Å². The van der Waals surface area contributed by atoms with Crippen LogP contribution in [0.2, 0.25) is 10.0 Å². The molecule has 0 bridgehead atoms. The lowest BCUT2D eigenvalue weighted by atomic mass is 10.1. The number of hydrogen-bond acceptors (Lipinski definition) is 3. The average Bonchev–Trinajstić information content (AvgIpc) is 2.86. The van der Waals surface area contributed by atoms with E-state index in [1.165, 1.54) is 5.01 Å². The number of hydrogen-bond donors (Lipinski definition) is 0. The fraction of sp³-hybridized carbons (Fsp3) is 0.111. The van der Waals surface area contributed by atoms with Gasteiger partial charge in [-0.15, -0.1) is 0 Å². The molecule has 2 aromatic carbocycles. The standard InChI is InChI=1S/C18H14Cl2N2O2/c1-11-15(9-12-4-3-5-14(8-12)24-2)18(23)22(21-11)13-6-7-16(19)17(20)10-13/h3-10H,1-2H3/b15-9-. The molecule has 1 amide bonds. The number of methoxy groups -OCH3 is 1. The van der Waals surface area contributed by atoms with E-state index >= 15 is 0 Å². The van der Waals surface area contributed by atoms with Gasteiger partial charge in [-0.3, -0.25) is 4.79 Å². The predicted octanol–water partition coefficient (Wildman–Crippen LogP) is 4.81. The van der Waals surface area contributed by atoms with Gasteiger partial charge < -0.3 is 4.74 Å². The maximum absolute atomic E-state index is 12.7. The summed E-state index contributed by atoms with van der Waals surface area (Å²) in [6, 6.07) is 12.4. The van der Waals surface area contributed by atoms with Crippen LogP contribution in [0.1, 0.15) is 12.5 Å². The van der Waals surface area contributed by atoms with Crippen LogP contribution in [0.15, 0.2) is 53.1 Å². The first-order chi connectivity index (χ1) is 11.5. The van der Waals surface area contributed by atoms with Crippen LogP contribution in [0.5, 0.6) is 5.75 Å². The fourth-order valence-corrected chi connectivity index (χ4v) is 2.67. The summed E-state index contributed by atoms with van der Waals surface area (Å²) in [5.74, 6) is 0.513. The van der Waals surface area contributed by atoms with Crippen LogP contribution in [0.4, 0.5) is 5.69 Å². The first-order valence-corrected chi connectivity index (χ1v) is 7.96. The van der Waals surface area contributed by atoms with Crippen molar-refractivity contribution in [2.24, 2.45) is 5.10 Å². The molecule has 0 aromatic heterocycles. The quantitative estimate of drug-likeness (QED) is 0.737. The Morgan fingerprint density at radius 2 is 1.92 bits per heavy atom. The molecule has 2 aromatic rings. The van der Waals surface area contributed by atoms with Crippen LogP contribution in [0, 0.1) is 0 Å². The molecule has 0 saturated carbocycles. The molecule has 0 unspecified atom stereocenters. The topological polar surface area (TPSA) is 41.9 Å². The van der Waals surface area contributed by atoms with Crippen LogP contribution in [-0.4, -0.2) is 18.7 Å². The minimum Gasteiger partial charge on any atom is -0.497 e. The molecule has 0 N–H and O–H groups in total. The van der Waals surface area contributed by atoms with E-state index < -0.39 is 0 Å². The second kappa shape index (κ2) is 6.67. The van der Waals surface area contributed by atoms with Crippen LogP contribution in [-0.2, 0) is 4.79 Å². The lowest BCUT2D eigenvalue weighted by Gasteiger charge is -2.12. The van der Waals surface area contributed by atoms with E-state index in [4.69, 9.17) is 27.9 Å². The molecular weight excluding hydrogens is 347 g/mol. The number of rotatable bonds is 3. The predicted molar refractivity (Wildman–Crippen MR) is 98.0 cm³/mol. The Morgan fingerprint density at radius 1 is 1.12 bits per heavy atom. The summed E-state index contributed by atoms with van der Waals surface area (Å²) in [5.41, 5.74) is 2.59. The highest BCUT2D eigenvalue weighted by Gasteiger charge is 2.29. The van der Waals surface area contributed by atoms with E-state index in [-0.39, 0.29) is 5.91 Å². The summed E-state index contributed by atoms with van der Waals surface area (Å²) in [5, 5.41) is 6.46. The summed E-state index contributed by atoms with van der Waals surface area (Å²) in [6.07, 6.45) is 1.79. The molecule has 0 spiro atoms. The van der Waals surface area contributed by atoms with Gasteiger partial charge in [-0.2, -0.15) is 10.1 Å². The zero-order chi connectivity index (χ0) is 17.3. The van der Waals surface area contributed by atoms with E-state index in [0.29, 0.717) is 27.0 Å².